The number of H-pyrrole nitrogens is 1. The number of anilines is 1. The summed E-state index contributed by atoms with van der Waals surface area (Å²) in [6.45, 7) is 3.35. The number of fused-ring (bicyclic) bond motifs is 1. The summed E-state index contributed by atoms with van der Waals surface area (Å²) >= 11 is 0. The molecule has 0 radical (unpaired) electrons. The average Bonchev–Trinajstić information content (AvgIpc) is 3.68. The number of nitrogens with zero attached hydrogens (tertiary/aromatic N) is 1. The van der Waals surface area contributed by atoms with E-state index in [1.54, 1.807) is 24.3 Å². The van der Waals surface area contributed by atoms with Crippen LogP contribution in [0.25, 0.3) is 22.0 Å². The number of likely N-dealkylation sites (tertiary alicyclic amines) is 1. The van der Waals surface area contributed by atoms with Gasteiger partial charge in [0.05, 0.1) is 23.9 Å². The summed E-state index contributed by atoms with van der Waals surface area (Å²) in [5, 5.41) is 30.7. The first-order chi connectivity index (χ1) is 26.8. The zero-order chi connectivity index (χ0) is 38.1. The van der Waals surface area contributed by atoms with E-state index in [2.05, 4.69) is 25.8 Å². The Kier molecular flexibility index (Phi) is 12.3. The zero-order valence-corrected chi connectivity index (χ0v) is 30.8. The number of aliphatic hydroxyl groups excluding tert-OH is 1. The summed E-state index contributed by atoms with van der Waals surface area (Å²) < 4.78 is 11.6. The lowest BCUT2D eigenvalue weighted by Gasteiger charge is -2.34. The molecule has 1 aliphatic heterocycles. The van der Waals surface area contributed by atoms with Gasteiger partial charge < -0.3 is 39.9 Å². The maximum Gasteiger partial charge on any atom is 0.411 e. The molecule has 2 aliphatic rings. The second-order valence-corrected chi connectivity index (χ2v) is 14.7. The molecule has 12 heteroatoms. The minimum atomic E-state index is -0.899. The number of hydrogen-bond acceptors (Lipinski definition) is 9. The Morgan fingerprint density at radius 3 is 2.45 bits per heavy atom. The van der Waals surface area contributed by atoms with E-state index in [1.165, 1.54) is 12.1 Å². The number of rotatable bonds is 13. The quantitative estimate of drug-likeness (QED) is 0.0767. The molecule has 1 atom stereocenters. The molecule has 0 unspecified atom stereocenters. The number of piperidine rings is 1. The molecule has 1 saturated carbocycles. The first-order valence-electron chi connectivity index (χ1n) is 19.3. The summed E-state index contributed by atoms with van der Waals surface area (Å²) in [4.78, 5) is 42.6. The van der Waals surface area contributed by atoms with Crippen molar-refractivity contribution in [2.75, 3.05) is 31.5 Å². The van der Waals surface area contributed by atoms with Gasteiger partial charge in [-0.25, -0.2) is 4.79 Å². The van der Waals surface area contributed by atoms with Crippen molar-refractivity contribution >= 4 is 28.6 Å². The predicted octanol–water partition coefficient (Wildman–Crippen LogP) is 6.71. The van der Waals surface area contributed by atoms with Crippen molar-refractivity contribution in [2.24, 2.45) is 5.92 Å². The molecule has 0 spiro atoms. The molecule has 2 fully saturated rings. The third kappa shape index (κ3) is 9.82. The van der Waals surface area contributed by atoms with Crippen molar-refractivity contribution < 1.29 is 29.0 Å². The highest BCUT2D eigenvalue weighted by Gasteiger charge is 2.27. The number of hydrogen-bond donors (Lipinski definition) is 6. The van der Waals surface area contributed by atoms with E-state index in [0.29, 0.717) is 29.2 Å². The Morgan fingerprint density at radius 2 is 1.65 bits per heavy atom. The number of ether oxygens (including phenoxy) is 1. The summed E-state index contributed by atoms with van der Waals surface area (Å²) in [6, 6.07) is 27.3. The van der Waals surface area contributed by atoms with Crippen molar-refractivity contribution in [3.05, 3.63) is 118 Å². The number of carbonyl (C=O) groups excluding carboxylic acids is 2. The lowest BCUT2D eigenvalue weighted by molar-refractivity contribution is 0.0563. The monoisotopic (exact) mass is 747 g/mol. The van der Waals surface area contributed by atoms with Gasteiger partial charge in [0.25, 0.3) is 5.91 Å². The number of amides is 2. The van der Waals surface area contributed by atoms with Crippen LogP contribution in [0.1, 0.15) is 72.9 Å². The SMILES string of the molecule is O=C(Nc1ccccc1-c1ccccc1)OC1CCN(CCC2CCC(NC(=O)c3ccc(CNC[C@H](O)c4ccc(O)c5[nH]c(=O)ccc45)o3)CC2)CC1. The second kappa shape index (κ2) is 17.8. The minimum Gasteiger partial charge on any atom is -0.506 e. The van der Waals surface area contributed by atoms with Gasteiger partial charge in [-0.1, -0.05) is 54.6 Å². The van der Waals surface area contributed by atoms with Crippen LogP contribution in [0.3, 0.4) is 0 Å². The Labute approximate surface area is 319 Å². The number of phenols is 1. The topological polar surface area (TPSA) is 169 Å². The van der Waals surface area contributed by atoms with E-state index < -0.39 is 12.2 Å². The minimum absolute atomic E-state index is 0.0626. The Bertz CT molecular complexity index is 2120. The van der Waals surface area contributed by atoms with E-state index in [4.69, 9.17) is 9.15 Å². The van der Waals surface area contributed by atoms with Crippen molar-refractivity contribution in [3.63, 3.8) is 0 Å². The number of pyridine rings is 1. The number of aliphatic hydroxyl groups is 1. The van der Waals surface area contributed by atoms with Gasteiger partial charge in [0.15, 0.2) is 5.76 Å². The summed E-state index contributed by atoms with van der Waals surface area (Å²) in [7, 11) is 0. The van der Waals surface area contributed by atoms with E-state index in [-0.39, 0.29) is 47.2 Å². The largest absolute Gasteiger partial charge is 0.506 e. The number of carbonyl (C=O) groups is 2. The van der Waals surface area contributed by atoms with Gasteiger partial charge in [0.2, 0.25) is 5.56 Å². The Morgan fingerprint density at radius 1 is 0.891 bits per heavy atom. The number of furan rings is 1. The number of aromatic amines is 1. The van der Waals surface area contributed by atoms with Crippen molar-refractivity contribution in [2.45, 2.75) is 69.7 Å². The number of phenolic OH excluding ortho intramolecular Hbond substituents is 1. The molecule has 5 aromatic rings. The molecule has 3 aromatic carbocycles. The first kappa shape index (κ1) is 37.9. The second-order valence-electron chi connectivity index (χ2n) is 14.7. The fraction of sp³-hybridized carbons (Fsp3) is 0.372. The molecule has 1 aliphatic carbocycles. The molecule has 3 heterocycles. The molecule has 288 valence electrons. The fourth-order valence-electron chi connectivity index (χ4n) is 7.81. The van der Waals surface area contributed by atoms with Crippen LogP contribution in [0, 0.1) is 5.92 Å². The zero-order valence-electron chi connectivity index (χ0n) is 30.8. The Balaban J connectivity index is 0.775. The van der Waals surface area contributed by atoms with Crippen molar-refractivity contribution in [1.29, 1.82) is 0 Å². The van der Waals surface area contributed by atoms with Gasteiger partial charge in [-0.2, -0.15) is 0 Å². The molecule has 6 N–H and O–H groups in total. The van der Waals surface area contributed by atoms with Gasteiger partial charge in [0, 0.05) is 42.7 Å². The van der Waals surface area contributed by atoms with Crippen LogP contribution >= 0.6 is 0 Å². The number of para-hydroxylation sites is 1. The van der Waals surface area contributed by atoms with Crippen LogP contribution < -0.4 is 21.5 Å². The van der Waals surface area contributed by atoms with Crippen LogP contribution in [0.2, 0.25) is 0 Å². The first-order valence-corrected chi connectivity index (χ1v) is 19.3. The number of nitrogens with one attached hydrogen (secondary N) is 4. The molecule has 12 nitrogen and oxygen atoms in total. The van der Waals surface area contributed by atoms with Crippen LogP contribution in [0.15, 0.2) is 100 Å². The maximum atomic E-state index is 13.0. The van der Waals surface area contributed by atoms with Crippen molar-refractivity contribution in [3.8, 4) is 16.9 Å². The predicted molar refractivity (Wildman–Crippen MR) is 211 cm³/mol. The number of aromatic nitrogens is 1. The van der Waals surface area contributed by atoms with Gasteiger partial charge in [-0.3, -0.25) is 14.9 Å². The van der Waals surface area contributed by atoms with Crippen LogP contribution in [0.5, 0.6) is 5.75 Å². The highest BCUT2D eigenvalue weighted by molar-refractivity contribution is 5.92. The molecule has 7 rings (SSSR count). The fourth-order valence-corrected chi connectivity index (χ4v) is 7.81. The highest BCUT2D eigenvalue weighted by Crippen LogP contribution is 2.31. The number of benzene rings is 3. The summed E-state index contributed by atoms with van der Waals surface area (Å²) in [5.41, 5.74) is 3.25. The van der Waals surface area contributed by atoms with Crippen LogP contribution in [0.4, 0.5) is 10.5 Å². The molecule has 0 bridgehead atoms. The molecular weight excluding hydrogens is 699 g/mol. The third-order valence-electron chi connectivity index (χ3n) is 10.9. The Hall–Kier alpha value is -5.43. The molecular formula is C43H49N5O7. The summed E-state index contributed by atoms with van der Waals surface area (Å²) in [5.74, 6) is 1.17. The normalized spacial score (nSPS) is 18.5. The summed E-state index contributed by atoms with van der Waals surface area (Å²) in [6.07, 6.45) is 5.35. The lowest BCUT2D eigenvalue weighted by atomic mass is 9.84. The van der Waals surface area contributed by atoms with E-state index in [9.17, 15) is 24.6 Å². The lowest BCUT2D eigenvalue weighted by Crippen LogP contribution is -2.40. The highest BCUT2D eigenvalue weighted by atomic mass is 16.6. The molecule has 2 aromatic heterocycles. The average molecular weight is 748 g/mol. The van der Waals surface area contributed by atoms with E-state index in [1.807, 2.05) is 54.6 Å². The molecule has 55 heavy (non-hydrogen) atoms. The van der Waals surface area contributed by atoms with Crippen LogP contribution in [-0.4, -0.2) is 70.4 Å². The van der Waals surface area contributed by atoms with Crippen molar-refractivity contribution in [1.82, 2.24) is 20.5 Å². The molecule has 2 amide bonds. The van der Waals surface area contributed by atoms with Gasteiger partial charge in [-0.05, 0) is 98.9 Å². The van der Waals surface area contributed by atoms with Gasteiger partial charge in [0.1, 0.15) is 17.6 Å². The van der Waals surface area contributed by atoms with Crippen LogP contribution in [-0.2, 0) is 11.3 Å². The van der Waals surface area contributed by atoms with E-state index in [0.717, 1.165) is 81.4 Å². The maximum absolute atomic E-state index is 13.0. The van der Waals surface area contributed by atoms with Gasteiger partial charge >= 0.3 is 6.09 Å². The number of aromatic hydroxyl groups is 1. The third-order valence-corrected chi connectivity index (χ3v) is 10.9. The standard InChI is InChI=1S/C43H49N5O7/c49-37-17-15-34(35-16-19-40(51)47-41(35)37)38(50)27-44-26-32-14-18-39(54-32)42(52)45-30-12-10-28(11-13-30)20-23-48-24-21-31(22-25-48)55-43(53)46-36-9-5-4-8-33(36)29-6-2-1-3-7-29/h1-9,14-19,28,30-31,38,44,49-50H,10-13,20-27H2,(H,45,52)(H,46,53)(H,47,51)/t28?,30?,38-/m0/s1. The smallest absolute Gasteiger partial charge is 0.411 e. The van der Waals surface area contributed by atoms with Gasteiger partial charge in [-0.15, -0.1) is 0 Å². The molecule has 1 saturated heterocycles. The van der Waals surface area contributed by atoms with E-state index >= 15 is 0 Å².